The molecule has 178 valence electrons. The van der Waals surface area contributed by atoms with Gasteiger partial charge in [-0.1, -0.05) is 88.2 Å². The Morgan fingerprint density at radius 3 is 2.37 bits per heavy atom. The molecule has 6 nitrogen and oxygen atoms in total. The smallest absolute Gasteiger partial charge is 0.270 e. The summed E-state index contributed by atoms with van der Waals surface area (Å²) in [5.41, 5.74) is 5.15. The predicted molar refractivity (Wildman–Crippen MR) is 141 cm³/mol. The average Bonchev–Trinajstić information content (AvgIpc) is 3.29. The maximum absolute atomic E-state index is 13.5. The average molecular weight is 531 g/mol. The molecule has 0 saturated carbocycles. The fourth-order valence-electron chi connectivity index (χ4n) is 3.85. The van der Waals surface area contributed by atoms with Crippen LogP contribution >= 0.6 is 15.9 Å². The van der Waals surface area contributed by atoms with Crippen molar-refractivity contribution in [3.05, 3.63) is 112 Å². The highest BCUT2D eigenvalue weighted by Gasteiger charge is 2.24. The molecule has 35 heavy (non-hydrogen) atoms. The van der Waals surface area contributed by atoms with Crippen LogP contribution in [0.4, 0.5) is 0 Å². The third-order valence-corrected chi connectivity index (χ3v) is 6.23. The number of benzene rings is 3. The summed E-state index contributed by atoms with van der Waals surface area (Å²) in [5, 5.41) is 10.3. The highest BCUT2D eigenvalue weighted by Crippen LogP contribution is 2.20. The van der Waals surface area contributed by atoms with Crippen LogP contribution in [0.15, 0.2) is 89.4 Å². The maximum atomic E-state index is 13.5. The zero-order valence-electron chi connectivity index (χ0n) is 19.7. The van der Waals surface area contributed by atoms with Crippen LogP contribution in [0.5, 0.6) is 0 Å². The van der Waals surface area contributed by atoms with Crippen LogP contribution in [0.2, 0.25) is 0 Å². The molecular formula is C28H27BrN4O2. The zero-order chi connectivity index (χ0) is 24.8. The van der Waals surface area contributed by atoms with E-state index < -0.39 is 6.04 Å². The Morgan fingerprint density at radius 2 is 1.69 bits per heavy atom. The molecule has 4 rings (SSSR count). The lowest BCUT2D eigenvalue weighted by atomic mass is 10.0. The molecule has 4 aromatic rings. The van der Waals surface area contributed by atoms with E-state index >= 15 is 0 Å². The summed E-state index contributed by atoms with van der Waals surface area (Å²) in [6, 6.07) is 26.6. The number of nitrogens with zero attached hydrogens (tertiary/aromatic N) is 2. The maximum Gasteiger partial charge on any atom is 0.270 e. The van der Waals surface area contributed by atoms with Gasteiger partial charge in [0.15, 0.2) is 0 Å². The summed E-state index contributed by atoms with van der Waals surface area (Å²) in [7, 11) is 1.57. The Bertz CT molecular complexity index is 1320. The molecule has 0 radical (unpaired) electrons. The fraction of sp³-hybridized carbons (Fsp3) is 0.179. The molecule has 0 bridgehead atoms. The van der Waals surface area contributed by atoms with Gasteiger partial charge in [0.25, 0.3) is 5.91 Å². The van der Waals surface area contributed by atoms with Crippen molar-refractivity contribution in [2.45, 2.75) is 25.9 Å². The first-order valence-electron chi connectivity index (χ1n) is 11.4. The molecule has 2 amide bonds. The van der Waals surface area contributed by atoms with E-state index in [0.29, 0.717) is 24.4 Å². The number of hydrogen-bond donors (Lipinski definition) is 2. The molecule has 0 aliphatic heterocycles. The molecule has 0 aliphatic rings. The van der Waals surface area contributed by atoms with E-state index in [2.05, 4.69) is 26.6 Å². The van der Waals surface area contributed by atoms with Gasteiger partial charge in [0.2, 0.25) is 5.91 Å². The lowest BCUT2D eigenvalue weighted by Crippen LogP contribution is -2.47. The molecule has 0 saturated heterocycles. The molecule has 0 spiro atoms. The number of aryl methyl sites for hydroxylation is 1. The molecule has 0 fully saturated rings. The Hall–Kier alpha value is -3.71. The van der Waals surface area contributed by atoms with E-state index in [4.69, 9.17) is 5.10 Å². The first-order chi connectivity index (χ1) is 16.9. The second-order valence-electron chi connectivity index (χ2n) is 8.40. The normalized spacial score (nSPS) is 11.6. The van der Waals surface area contributed by atoms with Gasteiger partial charge in [-0.2, -0.15) is 5.10 Å². The molecule has 2 N–H and O–H groups in total. The number of amides is 2. The number of rotatable bonds is 8. The van der Waals surface area contributed by atoms with Crippen LogP contribution in [0, 0.1) is 6.92 Å². The van der Waals surface area contributed by atoms with Gasteiger partial charge in [-0.05, 0) is 36.2 Å². The molecule has 0 aliphatic carbocycles. The van der Waals surface area contributed by atoms with E-state index in [1.54, 1.807) is 17.8 Å². The standard InChI is InChI=1S/C28H27BrN4O2/c1-19-11-13-20(14-12-19)18-33-26(17-24(32-33)22-8-4-3-5-9-22)28(35)31-25(27(34)30-2)16-21-7-6-10-23(29)15-21/h3-15,17,25H,16,18H2,1-2H3,(H,30,34)(H,31,35)/t25-/m0/s1. The molecule has 1 heterocycles. The number of carbonyl (C=O) groups excluding carboxylic acids is 2. The summed E-state index contributed by atoms with van der Waals surface area (Å²) >= 11 is 3.46. The van der Waals surface area contributed by atoms with Crippen LogP contribution in [0.3, 0.4) is 0 Å². The number of nitrogens with one attached hydrogen (secondary N) is 2. The monoisotopic (exact) mass is 530 g/mol. The largest absolute Gasteiger partial charge is 0.357 e. The van der Waals surface area contributed by atoms with E-state index in [9.17, 15) is 9.59 Å². The van der Waals surface area contributed by atoms with Gasteiger partial charge in [0, 0.05) is 23.5 Å². The third-order valence-electron chi connectivity index (χ3n) is 5.73. The van der Waals surface area contributed by atoms with Crippen molar-refractivity contribution in [1.82, 2.24) is 20.4 Å². The van der Waals surface area contributed by atoms with Crippen LogP contribution in [0.25, 0.3) is 11.3 Å². The van der Waals surface area contributed by atoms with Crippen LogP contribution in [-0.4, -0.2) is 34.7 Å². The Labute approximate surface area is 213 Å². The molecule has 7 heteroatoms. The van der Waals surface area contributed by atoms with Crippen LogP contribution in [-0.2, 0) is 17.8 Å². The summed E-state index contributed by atoms with van der Waals surface area (Å²) < 4.78 is 2.61. The predicted octanol–water partition coefficient (Wildman–Crippen LogP) is 4.76. The Kier molecular flexibility index (Phi) is 7.77. The van der Waals surface area contributed by atoms with E-state index in [0.717, 1.165) is 26.7 Å². The van der Waals surface area contributed by atoms with E-state index in [1.807, 2.05) is 85.8 Å². The van der Waals surface area contributed by atoms with Crippen molar-refractivity contribution in [2.75, 3.05) is 7.05 Å². The van der Waals surface area contributed by atoms with E-state index in [-0.39, 0.29) is 11.8 Å². The Morgan fingerprint density at radius 1 is 0.943 bits per heavy atom. The second-order valence-corrected chi connectivity index (χ2v) is 9.31. The van der Waals surface area contributed by atoms with Gasteiger partial charge in [0.1, 0.15) is 11.7 Å². The van der Waals surface area contributed by atoms with Crippen molar-refractivity contribution in [3.63, 3.8) is 0 Å². The lowest BCUT2D eigenvalue weighted by molar-refractivity contribution is -0.122. The zero-order valence-corrected chi connectivity index (χ0v) is 21.2. The summed E-state index contributed by atoms with van der Waals surface area (Å²) in [5.74, 6) is -0.610. The first kappa shape index (κ1) is 24.4. The lowest BCUT2D eigenvalue weighted by Gasteiger charge is -2.18. The highest BCUT2D eigenvalue weighted by atomic mass is 79.9. The SMILES string of the molecule is CNC(=O)[C@H](Cc1cccc(Br)c1)NC(=O)c1cc(-c2ccccc2)nn1Cc1ccc(C)cc1. The van der Waals surface area contributed by atoms with Gasteiger partial charge in [-0.3, -0.25) is 14.3 Å². The topological polar surface area (TPSA) is 76.0 Å². The minimum Gasteiger partial charge on any atom is -0.357 e. The van der Waals surface area contributed by atoms with Gasteiger partial charge in [0.05, 0.1) is 12.2 Å². The minimum atomic E-state index is -0.732. The molecule has 3 aromatic carbocycles. The summed E-state index contributed by atoms with van der Waals surface area (Å²) in [6.07, 6.45) is 0.364. The van der Waals surface area contributed by atoms with Crippen molar-refractivity contribution >= 4 is 27.7 Å². The summed E-state index contributed by atoms with van der Waals surface area (Å²) in [4.78, 5) is 26.1. The van der Waals surface area contributed by atoms with Crippen LogP contribution < -0.4 is 10.6 Å². The number of halogens is 1. The number of likely N-dealkylation sites (N-methyl/N-ethyl adjacent to an activating group) is 1. The van der Waals surface area contributed by atoms with E-state index in [1.165, 1.54) is 0 Å². The number of carbonyl (C=O) groups is 2. The quantitative estimate of drug-likeness (QED) is 0.345. The molecule has 0 unspecified atom stereocenters. The third kappa shape index (κ3) is 6.25. The summed E-state index contributed by atoms with van der Waals surface area (Å²) in [6.45, 7) is 2.47. The van der Waals surface area contributed by atoms with Crippen molar-refractivity contribution < 1.29 is 9.59 Å². The second kappa shape index (κ2) is 11.1. The van der Waals surface area contributed by atoms with Crippen molar-refractivity contribution in [1.29, 1.82) is 0 Å². The first-order valence-corrected chi connectivity index (χ1v) is 12.2. The molecule has 1 aromatic heterocycles. The highest BCUT2D eigenvalue weighted by molar-refractivity contribution is 9.10. The molecular weight excluding hydrogens is 504 g/mol. The molecule has 1 atom stereocenters. The van der Waals surface area contributed by atoms with Gasteiger partial charge < -0.3 is 10.6 Å². The number of aromatic nitrogens is 2. The van der Waals surface area contributed by atoms with Crippen molar-refractivity contribution in [2.24, 2.45) is 0 Å². The fourth-order valence-corrected chi connectivity index (χ4v) is 4.30. The van der Waals surface area contributed by atoms with Crippen LogP contribution in [0.1, 0.15) is 27.2 Å². The van der Waals surface area contributed by atoms with Gasteiger partial charge in [-0.15, -0.1) is 0 Å². The minimum absolute atomic E-state index is 0.258. The number of hydrogen-bond acceptors (Lipinski definition) is 3. The van der Waals surface area contributed by atoms with Gasteiger partial charge >= 0.3 is 0 Å². The van der Waals surface area contributed by atoms with Crippen molar-refractivity contribution in [3.8, 4) is 11.3 Å². The van der Waals surface area contributed by atoms with Gasteiger partial charge in [-0.25, -0.2) is 0 Å². The Balaban J connectivity index is 1.64.